The Hall–Kier alpha value is -3.98. The van der Waals surface area contributed by atoms with Gasteiger partial charge >= 0.3 is 0 Å². The minimum atomic E-state index is -0.585. The van der Waals surface area contributed by atoms with E-state index in [-0.39, 0.29) is 11.7 Å². The summed E-state index contributed by atoms with van der Waals surface area (Å²) in [6.45, 7) is 1.82. The highest BCUT2D eigenvalue weighted by molar-refractivity contribution is 6.18. The second-order valence-electron chi connectivity index (χ2n) is 6.56. The largest absolute Gasteiger partial charge is 0.289 e. The lowest BCUT2D eigenvalue weighted by Gasteiger charge is -2.14. The number of nitriles is 1. The molecule has 0 spiro atoms. The number of nitrogens with one attached hydrogen (secondary N) is 1. The molecule has 2 aromatic carbocycles. The molecule has 2 heterocycles. The van der Waals surface area contributed by atoms with Gasteiger partial charge in [-0.05, 0) is 30.7 Å². The van der Waals surface area contributed by atoms with E-state index in [9.17, 15) is 10.1 Å². The normalized spacial score (nSPS) is 16.0. The van der Waals surface area contributed by atoms with Crippen LogP contribution in [0.5, 0.6) is 0 Å². The van der Waals surface area contributed by atoms with Crippen LogP contribution < -0.4 is 15.7 Å². The first-order chi connectivity index (χ1) is 13.6. The van der Waals surface area contributed by atoms with Crippen LogP contribution in [0.25, 0.3) is 11.1 Å². The van der Waals surface area contributed by atoms with Crippen LogP contribution in [0.3, 0.4) is 0 Å². The first-order valence-corrected chi connectivity index (χ1v) is 8.85. The third kappa shape index (κ3) is 2.89. The predicted molar refractivity (Wildman–Crippen MR) is 107 cm³/mol. The Morgan fingerprint density at radius 3 is 2.39 bits per heavy atom. The average molecular weight is 368 g/mol. The van der Waals surface area contributed by atoms with Gasteiger partial charge in [0.05, 0.1) is 11.4 Å². The van der Waals surface area contributed by atoms with Crippen molar-refractivity contribution >= 4 is 23.1 Å². The van der Waals surface area contributed by atoms with Crippen LogP contribution in [0.15, 0.2) is 71.8 Å². The number of pyridine rings is 1. The molecule has 1 aliphatic heterocycles. The zero-order valence-electron chi connectivity index (χ0n) is 15.3. The molecular formula is C22H18N5O+. The molecule has 28 heavy (non-hydrogen) atoms. The molecule has 0 fully saturated rings. The van der Waals surface area contributed by atoms with E-state index in [4.69, 9.17) is 5.73 Å². The molecule has 6 nitrogen and oxygen atoms in total. The third-order valence-corrected chi connectivity index (χ3v) is 4.76. The number of amides is 1. The fourth-order valence-corrected chi connectivity index (χ4v) is 3.43. The number of hydrazone groups is 1. The number of hydrogen-bond acceptors (Lipinski definition) is 4. The fourth-order valence-electron chi connectivity index (χ4n) is 3.43. The fraction of sp³-hybridized carbons (Fsp3) is 0.0909. The van der Waals surface area contributed by atoms with Crippen molar-refractivity contribution in [3.8, 4) is 17.2 Å². The van der Waals surface area contributed by atoms with Crippen molar-refractivity contribution in [3.63, 3.8) is 0 Å². The first kappa shape index (κ1) is 17.4. The summed E-state index contributed by atoms with van der Waals surface area (Å²) in [5.41, 5.74) is 10.0. The molecule has 0 radical (unpaired) electrons. The summed E-state index contributed by atoms with van der Waals surface area (Å²) in [4.78, 5) is 16.2. The van der Waals surface area contributed by atoms with E-state index in [0.29, 0.717) is 28.2 Å². The monoisotopic (exact) mass is 368 g/mol. The molecule has 0 aliphatic carbocycles. The van der Waals surface area contributed by atoms with Crippen molar-refractivity contribution in [3.05, 3.63) is 78.0 Å². The summed E-state index contributed by atoms with van der Waals surface area (Å²) in [5, 5.41) is 15.4. The van der Waals surface area contributed by atoms with Crippen molar-refractivity contribution in [1.82, 2.24) is 0 Å². The van der Waals surface area contributed by atoms with E-state index >= 15 is 0 Å². The number of nitrogens with zero attached hydrogens (tertiary/aromatic N) is 3. The molecule has 4 rings (SSSR count). The van der Waals surface area contributed by atoms with Gasteiger partial charge in [-0.2, -0.15) is 15.4 Å². The molecule has 136 valence electrons. The summed E-state index contributed by atoms with van der Waals surface area (Å²) in [5.74, 6) is -0.515. The molecule has 1 aromatic heterocycles. The summed E-state index contributed by atoms with van der Waals surface area (Å²) in [6, 6.07) is 22.8. The smallest absolute Gasteiger partial charge is 0.286 e. The number of aromatic amines is 1. The van der Waals surface area contributed by atoms with Crippen LogP contribution in [0, 0.1) is 11.3 Å². The topological polar surface area (TPSA) is 96.6 Å². The van der Waals surface area contributed by atoms with Crippen molar-refractivity contribution in [2.24, 2.45) is 5.10 Å². The van der Waals surface area contributed by atoms with E-state index in [0.717, 1.165) is 5.56 Å². The van der Waals surface area contributed by atoms with E-state index < -0.39 is 5.92 Å². The molecule has 0 saturated carbocycles. The lowest BCUT2D eigenvalue weighted by Crippen LogP contribution is -2.31. The molecule has 1 amide bonds. The Bertz CT molecular complexity index is 1120. The Morgan fingerprint density at radius 1 is 1.11 bits per heavy atom. The summed E-state index contributed by atoms with van der Waals surface area (Å²) >= 11 is 0. The van der Waals surface area contributed by atoms with Crippen LogP contribution in [0.4, 0.5) is 11.5 Å². The number of benzene rings is 2. The van der Waals surface area contributed by atoms with E-state index in [1.165, 1.54) is 5.01 Å². The molecule has 1 aliphatic rings. The summed E-state index contributed by atoms with van der Waals surface area (Å²) in [7, 11) is 0. The molecule has 0 unspecified atom stereocenters. The van der Waals surface area contributed by atoms with Gasteiger partial charge in [-0.15, -0.1) is 0 Å². The van der Waals surface area contributed by atoms with Gasteiger partial charge in [-0.3, -0.25) is 10.5 Å². The number of aromatic nitrogens is 1. The number of para-hydroxylation sites is 1. The average Bonchev–Trinajstić information content (AvgIpc) is 3.02. The molecule has 3 aromatic rings. The van der Waals surface area contributed by atoms with Gasteiger partial charge in [0.2, 0.25) is 0 Å². The number of rotatable bonds is 3. The third-order valence-electron chi connectivity index (χ3n) is 4.76. The molecule has 1 atom stereocenters. The SMILES string of the molecule is CC1=NN(c2ccccc2)C(=O)[C@@H]1c1cc(-c2ccccc2)c(C#N)c(N)[nH+]1. The van der Waals surface area contributed by atoms with Crippen LogP contribution in [0.2, 0.25) is 0 Å². The van der Waals surface area contributed by atoms with Crippen molar-refractivity contribution in [1.29, 1.82) is 5.26 Å². The van der Waals surface area contributed by atoms with Crippen molar-refractivity contribution in [2.75, 3.05) is 10.7 Å². The molecule has 6 heteroatoms. The highest BCUT2D eigenvalue weighted by atomic mass is 16.2. The van der Waals surface area contributed by atoms with Crippen LogP contribution in [-0.2, 0) is 4.79 Å². The van der Waals surface area contributed by atoms with Crippen LogP contribution >= 0.6 is 0 Å². The zero-order valence-corrected chi connectivity index (χ0v) is 15.3. The lowest BCUT2D eigenvalue weighted by molar-refractivity contribution is -0.372. The Morgan fingerprint density at radius 2 is 1.75 bits per heavy atom. The number of anilines is 2. The molecule has 0 saturated heterocycles. The summed E-state index contributed by atoms with van der Waals surface area (Å²) < 4.78 is 0. The molecule has 3 N–H and O–H groups in total. The highest BCUT2D eigenvalue weighted by Crippen LogP contribution is 2.32. The van der Waals surface area contributed by atoms with Gasteiger partial charge in [0.15, 0.2) is 0 Å². The maximum atomic E-state index is 13.1. The second kappa shape index (κ2) is 6.97. The van der Waals surface area contributed by atoms with E-state index in [1.54, 1.807) is 0 Å². The van der Waals surface area contributed by atoms with Crippen LogP contribution in [-0.4, -0.2) is 11.6 Å². The quantitative estimate of drug-likeness (QED) is 0.769. The van der Waals surface area contributed by atoms with E-state index in [1.807, 2.05) is 73.7 Å². The van der Waals surface area contributed by atoms with Gasteiger partial charge < -0.3 is 0 Å². The number of carbonyl (C=O) groups excluding carboxylic acids is 1. The number of H-pyrrole nitrogens is 1. The highest BCUT2D eigenvalue weighted by Gasteiger charge is 2.38. The van der Waals surface area contributed by atoms with Gasteiger partial charge in [0.25, 0.3) is 11.7 Å². The Labute approximate surface area is 162 Å². The molecule has 0 bridgehead atoms. The van der Waals surface area contributed by atoms with Gasteiger partial charge in [-0.1, -0.05) is 48.5 Å². The van der Waals surface area contributed by atoms with Crippen LogP contribution in [0.1, 0.15) is 24.1 Å². The van der Waals surface area contributed by atoms with Gasteiger partial charge in [0, 0.05) is 5.56 Å². The number of nitrogens with two attached hydrogens (primary N) is 1. The van der Waals surface area contributed by atoms with E-state index in [2.05, 4.69) is 16.2 Å². The molecular weight excluding hydrogens is 350 g/mol. The summed E-state index contributed by atoms with van der Waals surface area (Å²) in [6.07, 6.45) is 0. The maximum Gasteiger partial charge on any atom is 0.289 e. The first-order valence-electron chi connectivity index (χ1n) is 8.85. The minimum absolute atomic E-state index is 0.164. The second-order valence-corrected chi connectivity index (χ2v) is 6.56. The Balaban J connectivity index is 1.80. The predicted octanol–water partition coefficient (Wildman–Crippen LogP) is 3.13. The zero-order chi connectivity index (χ0) is 19.7. The standard InChI is InChI=1S/C22H17N5O/c1-14-20(22(28)27(26-14)16-10-6-3-7-11-16)19-12-17(15-8-4-2-5-9-15)18(13-23)21(24)25-19/h2-12,20H,1H3,(H2,24,25)/p+1/t20-/m0/s1. The lowest BCUT2D eigenvalue weighted by atomic mass is 9.94. The number of nitrogen functional groups attached to an aromatic ring is 1. The van der Waals surface area contributed by atoms with Gasteiger partial charge in [-0.25, -0.2) is 4.98 Å². The Kier molecular flexibility index (Phi) is 4.34. The maximum absolute atomic E-state index is 13.1. The van der Waals surface area contributed by atoms with Gasteiger partial charge in [0.1, 0.15) is 23.2 Å². The number of carbonyl (C=O) groups is 1. The van der Waals surface area contributed by atoms with Crippen molar-refractivity contribution in [2.45, 2.75) is 12.8 Å². The minimum Gasteiger partial charge on any atom is -0.286 e. The van der Waals surface area contributed by atoms with Crippen molar-refractivity contribution < 1.29 is 9.78 Å². The number of hydrogen-bond donors (Lipinski definition) is 1.